The van der Waals surface area contributed by atoms with E-state index in [9.17, 15) is 14.4 Å². The molecule has 0 aromatic heterocycles. The first-order valence-electron chi connectivity index (χ1n) is 8.71. The molecule has 3 atom stereocenters. The lowest BCUT2D eigenvalue weighted by Gasteiger charge is -2.30. The Morgan fingerprint density at radius 3 is 2.42 bits per heavy atom. The van der Waals surface area contributed by atoms with Crippen molar-refractivity contribution in [2.45, 2.75) is 64.7 Å². The summed E-state index contributed by atoms with van der Waals surface area (Å²) in [5, 5.41) is 6.43. The molecule has 1 aliphatic heterocycles. The first kappa shape index (κ1) is 20.0. The van der Waals surface area contributed by atoms with Gasteiger partial charge in [-0.05, 0) is 41.0 Å². The van der Waals surface area contributed by atoms with E-state index in [1.54, 1.807) is 34.6 Å². The molecule has 1 N–H and O–H groups in total. The van der Waals surface area contributed by atoms with Crippen molar-refractivity contribution in [2.24, 2.45) is 11.1 Å². The summed E-state index contributed by atoms with van der Waals surface area (Å²) < 4.78 is 15.4. The second-order valence-electron chi connectivity index (χ2n) is 7.29. The molecule has 1 heterocycles. The van der Waals surface area contributed by atoms with Crippen molar-refractivity contribution in [1.82, 2.24) is 5.32 Å². The van der Waals surface area contributed by atoms with Crippen LogP contribution in [0.25, 0.3) is 0 Å². The van der Waals surface area contributed by atoms with Crippen LogP contribution >= 0.6 is 0 Å². The normalized spacial score (nSPS) is 27.0. The smallest absolute Gasteiger partial charge is 0.408 e. The summed E-state index contributed by atoms with van der Waals surface area (Å²) in [5.41, 5.74) is -1.95. The third-order valence-electron chi connectivity index (χ3n) is 4.10. The van der Waals surface area contributed by atoms with E-state index in [1.165, 1.54) is 0 Å². The molecule has 0 radical (unpaired) electrons. The van der Waals surface area contributed by atoms with Crippen molar-refractivity contribution in [3.8, 4) is 0 Å². The molecule has 2 aliphatic rings. The number of hydrogen-bond donors (Lipinski definition) is 1. The Balaban J connectivity index is 2.20. The number of carbonyl (C=O) groups is 3. The summed E-state index contributed by atoms with van der Waals surface area (Å²) in [4.78, 5) is 42.2. The first-order chi connectivity index (χ1) is 12.1. The van der Waals surface area contributed by atoms with Gasteiger partial charge >= 0.3 is 18.0 Å². The number of amides is 1. The number of fused-ring (bicyclic) bond motifs is 1. The topological polar surface area (TPSA) is 113 Å². The predicted molar refractivity (Wildman–Crippen MR) is 90.4 cm³/mol. The molecule has 1 aliphatic carbocycles. The molecular weight excluding hydrogens is 344 g/mol. The van der Waals surface area contributed by atoms with Gasteiger partial charge in [-0.25, -0.2) is 14.4 Å². The van der Waals surface area contributed by atoms with Crippen LogP contribution in [0.15, 0.2) is 5.16 Å². The van der Waals surface area contributed by atoms with E-state index < -0.39 is 41.2 Å². The third-order valence-corrected chi connectivity index (χ3v) is 4.10. The Morgan fingerprint density at radius 2 is 1.85 bits per heavy atom. The number of ether oxygens (including phenoxy) is 3. The SMILES string of the molecule is CCOC(=O)C1=NOC2CC(NC(=O)OC(C)(C)C)(C(=O)OCC)CC12. The molecule has 1 saturated carbocycles. The van der Waals surface area contributed by atoms with Crippen molar-refractivity contribution >= 4 is 23.7 Å². The molecule has 0 spiro atoms. The van der Waals surface area contributed by atoms with Crippen LogP contribution in [-0.2, 0) is 28.6 Å². The number of nitrogens with zero attached hydrogens (tertiary/aromatic N) is 1. The number of oxime groups is 1. The highest BCUT2D eigenvalue weighted by atomic mass is 16.6. The van der Waals surface area contributed by atoms with Crippen molar-refractivity contribution < 1.29 is 33.4 Å². The quantitative estimate of drug-likeness (QED) is 0.577. The first-order valence-corrected chi connectivity index (χ1v) is 8.71. The fourth-order valence-electron chi connectivity index (χ4n) is 3.13. The maximum atomic E-state index is 12.6. The van der Waals surface area contributed by atoms with Gasteiger partial charge < -0.3 is 24.4 Å². The highest BCUT2D eigenvalue weighted by Crippen LogP contribution is 2.42. The number of esters is 2. The van der Waals surface area contributed by atoms with Gasteiger partial charge in [0.2, 0.25) is 0 Å². The molecule has 9 heteroatoms. The summed E-state index contributed by atoms with van der Waals surface area (Å²) in [7, 11) is 0. The highest BCUT2D eigenvalue weighted by molar-refractivity contribution is 6.37. The Kier molecular flexibility index (Phi) is 5.77. The van der Waals surface area contributed by atoms with E-state index in [0.29, 0.717) is 0 Å². The lowest BCUT2D eigenvalue weighted by Crippen LogP contribution is -2.55. The maximum Gasteiger partial charge on any atom is 0.408 e. The van der Waals surface area contributed by atoms with Crippen LogP contribution < -0.4 is 5.32 Å². The van der Waals surface area contributed by atoms with Gasteiger partial charge in [0.1, 0.15) is 17.2 Å². The molecule has 26 heavy (non-hydrogen) atoms. The third kappa shape index (κ3) is 4.25. The summed E-state index contributed by atoms with van der Waals surface area (Å²) >= 11 is 0. The molecule has 2 rings (SSSR count). The number of alkyl carbamates (subject to hydrolysis) is 1. The summed E-state index contributed by atoms with van der Waals surface area (Å²) in [6.45, 7) is 8.90. The summed E-state index contributed by atoms with van der Waals surface area (Å²) in [6, 6.07) is 0. The monoisotopic (exact) mass is 370 g/mol. The van der Waals surface area contributed by atoms with Crippen molar-refractivity contribution in [3.05, 3.63) is 0 Å². The van der Waals surface area contributed by atoms with Crippen LogP contribution in [0.3, 0.4) is 0 Å². The number of carbonyl (C=O) groups excluding carboxylic acids is 3. The van der Waals surface area contributed by atoms with Crippen LogP contribution in [0.5, 0.6) is 0 Å². The molecule has 9 nitrogen and oxygen atoms in total. The second-order valence-corrected chi connectivity index (χ2v) is 7.29. The van der Waals surface area contributed by atoms with Gasteiger partial charge in [0.25, 0.3) is 0 Å². The lowest BCUT2D eigenvalue weighted by molar-refractivity contribution is -0.151. The molecule has 1 amide bonds. The van der Waals surface area contributed by atoms with Crippen LogP contribution in [0, 0.1) is 5.92 Å². The average molecular weight is 370 g/mol. The van der Waals surface area contributed by atoms with E-state index in [1.807, 2.05) is 0 Å². The van der Waals surface area contributed by atoms with E-state index in [-0.39, 0.29) is 31.8 Å². The Labute approximate surface area is 152 Å². The molecule has 1 fully saturated rings. The van der Waals surface area contributed by atoms with Crippen molar-refractivity contribution in [2.75, 3.05) is 13.2 Å². The summed E-state index contributed by atoms with van der Waals surface area (Å²) in [5.74, 6) is -1.64. The van der Waals surface area contributed by atoms with Gasteiger partial charge in [0.15, 0.2) is 5.71 Å². The Hall–Kier alpha value is -2.32. The minimum atomic E-state index is -1.35. The van der Waals surface area contributed by atoms with E-state index in [2.05, 4.69) is 10.5 Å². The number of rotatable bonds is 5. The van der Waals surface area contributed by atoms with Gasteiger partial charge in [-0.3, -0.25) is 0 Å². The van der Waals surface area contributed by atoms with Crippen LogP contribution in [0.2, 0.25) is 0 Å². The predicted octanol–water partition coefficient (Wildman–Crippen LogP) is 1.54. The second kappa shape index (κ2) is 7.51. The zero-order chi connectivity index (χ0) is 19.5. The van der Waals surface area contributed by atoms with Gasteiger partial charge in [-0.15, -0.1) is 0 Å². The standard InChI is InChI=1S/C17H26N2O7/c1-6-23-13(20)12-10-8-17(14(21)24-7-2,9-11(10)26-19-12)18-15(22)25-16(3,4)5/h10-11H,6-9H2,1-5H3,(H,18,22). The van der Waals surface area contributed by atoms with Crippen LogP contribution in [-0.4, -0.2) is 54.2 Å². The molecule has 0 saturated heterocycles. The minimum absolute atomic E-state index is 0.118. The van der Waals surface area contributed by atoms with Gasteiger partial charge in [0, 0.05) is 6.42 Å². The zero-order valence-corrected chi connectivity index (χ0v) is 15.8. The van der Waals surface area contributed by atoms with Crippen molar-refractivity contribution in [1.29, 1.82) is 0 Å². The van der Waals surface area contributed by atoms with Crippen molar-refractivity contribution in [3.63, 3.8) is 0 Å². The molecule has 0 bridgehead atoms. The van der Waals surface area contributed by atoms with E-state index in [4.69, 9.17) is 19.0 Å². The zero-order valence-electron chi connectivity index (χ0n) is 15.8. The van der Waals surface area contributed by atoms with Gasteiger partial charge in [-0.2, -0.15) is 0 Å². The lowest BCUT2D eigenvalue weighted by atomic mass is 9.94. The molecule has 0 aromatic carbocycles. The van der Waals surface area contributed by atoms with E-state index in [0.717, 1.165) is 0 Å². The van der Waals surface area contributed by atoms with Crippen LogP contribution in [0.1, 0.15) is 47.5 Å². The van der Waals surface area contributed by atoms with E-state index >= 15 is 0 Å². The molecule has 146 valence electrons. The number of hydrogen-bond acceptors (Lipinski definition) is 8. The largest absolute Gasteiger partial charge is 0.464 e. The fraction of sp³-hybridized carbons (Fsp3) is 0.765. The minimum Gasteiger partial charge on any atom is -0.464 e. The van der Waals surface area contributed by atoms with Gasteiger partial charge in [0.05, 0.1) is 19.1 Å². The highest BCUT2D eigenvalue weighted by Gasteiger charge is 2.58. The Bertz CT molecular complexity index is 611. The molecular formula is C17H26N2O7. The Morgan fingerprint density at radius 1 is 1.19 bits per heavy atom. The molecule has 3 unspecified atom stereocenters. The van der Waals surface area contributed by atoms with Crippen LogP contribution in [0.4, 0.5) is 4.79 Å². The maximum absolute atomic E-state index is 12.6. The average Bonchev–Trinajstić information content (AvgIpc) is 3.03. The number of nitrogens with one attached hydrogen (secondary N) is 1. The fourth-order valence-corrected chi connectivity index (χ4v) is 3.13. The van der Waals surface area contributed by atoms with Gasteiger partial charge in [-0.1, -0.05) is 5.16 Å². The molecule has 0 aromatic rings. The summed E-state index contributed by atoms with van der Waals surface area (Å²) in [6.07, 6.45) is -1.01.